The van der Waals surface area contributed by atoms with Gasteiger partial charge in [0.15, 0.2) is 11.2 Å². The first-order valence-corrected chi connectivity index (χ1v) is 18.7. The minimum absolute atomic E-state index is 0.0305. The van der Waals surface area contributed by atoms with E-state index in [0.29, 0.717) is 61.0 Å². The van der Waals surface area contributed by atoms with Crippen LogP contribution in [-0.4, -0.2) is 94.6 Å². The summed E-state index contributed by atoms with van der Waals surface area (Å²) in [7, 11) is 1.36. The molecule has 9 rings (SSSR count). The van der Waals surface area contributed by atoms with Crippen molar-refractivity contribution < 1.29 is 38.9 Å². The van der Waals surface area contributed by atoms with E-state index in [1.54, 1.807) is 0 Å². The number of phenols is 2. The zero-order valence-corrected chi connectivity index (χ0v) is 30.5. The highest BCUT2D eigenvalue weighted by Gasteiger charge is 2.47. The molecule has 10 nitrogen and oxygen atoms in total. The number of piperazine rings is 3. The summed E-state index contributed by atoms with van der Waals surface area (Å²) >= 11 is 0. The van der Waals surface area contributed by atoms with Gasteiger partial charge in [0.2, 0.25) is 5.43 Å². The normalized spacial score (nSPS) is 22.7. The molecule has 52 heavy (non-hydrogen) atoms. The Morgan fingerprint density at radius 3 is 2.02 bits per heavy atom. The van der Waals surface area contributed by atoms with Crippen molar-refractivity contribution in [1.82, 2.24) is 0 Å². The van der Waals surface area contributed by atoms with Gasteiger partial charge in [-0.2, -0.15) is 0 Å². The minimum Gasteiger partial charge on any atom is -0.507 e. The maximum atomic E-state index is 14.3. The van der Waals surface area contributed by atoms with Gasteiger partial charge in [-0.25, -0.2) is 0 Å². The van der Waals surface area contributed by atoms with Gasteiger partial charge in [-0.1, -0.05) is 11.6 Å². The van der Waals surface area contributed by atoms with E-state index in [1.807, 2.05) is 13.0 Å². The number of likely N-dealkylation sites (N-methyl/N-ethyl adjacent to an activating group) is 1. The Morgan fingerprint density at radius 2 is 1.42 bits per heavy atom. The molecule has 1 unspecified atom stereocenters. The molecule has 2 bridgehead atoms. The lowest BCUT2D eigenvalue weighted by Crippen LogP contribution is -2.74. The van der Waals surface area contributed by atoms with E-state index in [4.69, 9.17) is 4.74 Å². The van der Waals surface area contributed by atoms with Crippen molar-refractivity contribution in [3.8, 4) is 17.2 Å². The fourth-order valence-corrected chi connectivity index (χ4v) is 10.4. The summed E-state index contributed by atoms with van der Waals surface area (Å²) in [6.07, 6.45) is 5.16. The number of fused-ring (bicyclic) bond motifs is 4. The third-order valence-corrected chi connectivity index (χ3v) is 13.3. The average Bonchev–Trinajstić information content (AvgIpc) is 3.27. The summed E-state index contributed by atoms with van der Waals surface area (Å²) in [6, 6.07) is 2.64. The van der Waals surface area contributed by atoms with Gasteiger partial charge in [-0.05, 0) is 96.8 Å². The molecule has 0 radical (unpaired) electrons. The zero-order valence-electron chi connectivity index (χ0n) is 30.5. The highest BCUT2D eigenvalue weighted by atomic mass is 16.5. The number of aromatic hydroxyl groups is 2. The van der Waals surface area contributed by atoms with Crippen LogP contribution in [0.15, 0.2) is 27.3 Å². The number of ketones is 1. The quantitative estimate of drug-likeness (QED) is 0.0665. The number of quaternary nitrogens is 2. The molecule has 10 heteroatoms. The second-order valence-electron chi connectivity index (χ2n) is 15.7. The van der Waals surface area contributed by atoms with Crippen LogP contribution >= 0.6 is 0 Å². The third-order valence-electron chi connectivity index (χ3n) is 13.3. The first-order valence-electron chi connectivity index (χ1n) is 18.7. The molecule has 272 valence electrons. The van der Waals surface area contributed by atoms with E-state index in [2.05, 4.69) is 6.92 Å². The van der Waals surface area contributed by atoms with Crippen LogP contribution in [0, 0.1) is 0 Å². The van der Waals surface area contributed by atoms with Crippen molar-refractivity contribution in [2.75, 3.05) is 59.5 Å². The van der Waals surface area contributed by atoms with Crippen LogP contribution in [0.3, 0.4) is 0 Å². The number of unbranched alkanes of at least 4 members (excludes halogenated alkanes) is 2. The Hall–Kier alpha value is -4.35. The van der Waals surface area contributed by atoms with Gasteiger partial charge in [0.25, 0.3) is 0 Å². The maximum absolute atomic E-state index is 14.3. The Balaban J connectivity index is 1.38. The smallest absolute Gasteiger partial charge is 0.232 e. The molecule has 0 saturated carbocycles. The highest BCUT2D eigenvalue weighted by molar-refractivity contribution is 6.38. The molecule has 4 N–H and O–H groups in total. The van der Waals surface area contributed by atoms with Gasteiger partial charge < -0.3 is 34.1 Å². The predicted octanol–water partition coefficient (Wildman–Crippen LogP) is 4.78. The topological polar surface area (TPSA) is 141 Å². The van der Waals surface area contributed by atoms with Crippen LogP contribution in [-0.2, 0) is 24.4 Å². The number of allylic oxidation sites excluding steroid dienone is 1. The molecule has 0 amide bonds. The molecule has 1 aliphatic carbocycles. The number of aliphatic hydroxyl groups is 2. The Labute approximate surface area is 301 Å². The lowest BCUT2D eigenvalue weighted by atomic mass is 9.79. The number of carbonyl (C=O) groups excluding carboxylic acids is 1. The van der Waals surface area contributed by atoms with E-state index >= 15 is 0 Å². The number of Topliss-reactive ketones (excluding diaryl/α,β-unsaturated/α-hetero) is 1. The van der Waals surface area contributed by atoms with E-state index in [-0.39, 0.29) is 44.9 Å². The van der Waals surface area contributed by atoms with Crippen molar-refractivity contribution in [3.63, 3.8) is 0 Å². The monoisotopic (exact) mass is 708 g/mol. The summed E-state index contributed by atoms with van der Waals surface area (Å²) < 4.78 is 8.23. The molecule has 3 heterocycles. The molecule has 3 saturated heterocycles. The van der Waals surface area contributed by atoms with Crippen molar-refractivity contribution in [2.24, 2.45) is 0 Å². The summed E-state index contributed by atoms with van der Waals surface area (Å²) in [5.74, 6) is -1.67. The number of ether oxygens (including phenoxy) is 1. The number of carbonyl (C=O) groups is 1. The molecule has 0 spiro atoms. The van der Waals surface area contributed by atoms with Gasteiger partial charge in [-0.15, -0.1) is 0 Å². The van der Waals surface area contributed by atoms with Crippen LogP contribution in [0.25, 0.3) is 49.2 Å². The fraction of sp³-hybridized carbons (Fsp3) is 0.452. The number of benzene rings is 5. The fourth-order valence-electron chi connectivity index (χ4n) is 10.4. The average molecular weight is 709 g/mol. The van der Waals surface area contributed by atoms with Crippen molar-refractivity contribution in [2.45, 2.75) is 65.6 Å². The molecule has 4 aliphatic rings. The number of aliphatic hydroxyl groups excluding tert-OH is 2. The van der Waals surface area contributed by atoms with Crippen LogP contribution < -0.4 is 15.6 Å². The molecule has 5 aromatic carbocycles. The minimum atomic E-state index is -0.894. The Morgan fingerprint density at radius 1 is 0.808 bits per heavy atom. The maximum Gasteiger partial charge on any atom is 0.232 e. The second kappa shape index (κ2) is 12.4. The van der Waals surface area contributed by atoms with E-state index in [0.717, 1.165) is 25.8 Å². The standard InChI is InChI=1S/C42H46N2O8/c1-5-43-11-14-44(15-12-43,16-13-43)10-8-6-7-9-26-27-17-22(2)30(23(3)47)39-38-33(27)36-31(24(20-45)18-28(48)34(36)40(26)50)32-25(21-46)19-29(49)35(37(32)38)41(51)42(39)52-4/h17-19,30,45-46H,5-16,20-21H2,1-4H3/p+2. The number of hydrogen-bond acceptors (Lipinski definition) is 8. The predicted molar refractivity (Wildman–Crippen MR) is 203 cm³/mol. The van der Waals surface area contributed by atoms with E-state index in [1.165, 1.54) is 80.9 Å². The van der Waals surface area contributed by atoms with Crippen molar-refractivity contribution in [1.29, 1.82) is 0 Å². The Kier molecular flexibility index (Phi) is 8.26. The molecule has 1 atom stereocenters. The van der Waals surface area contributed by atoms with Crippen LogP contribution in [0.2, 0.25) is 0 Å². The largest absolute Gasteiger partial charge is 0.507 e. The van der Waals surface area contributed by atoms with Crippen molar-refractivity contribution in [3.05, 3.63) is 66.0 Å². The summed E-state index contributed by atoms with van der Waals surface area (Å²) in [4.78, 5) is 41.9. The lowest BCUT2D eigenvalue weighted by Gasteiger charge is -2.55. The van der Waals surface area contributed by atoms with Gasteiger partial charge in [-0.3, -0.25) is 14.4 Å². The van der Waals surface area contributed by atoms with Gasteiger partial charge >= 0.3 is 0 Å². The summed E-state index contributed by atoms with van der Waals surface area (Å²) in [5, 5.41) is 47.5. The molecule has 5 aromatic rings. The van der Waals surface area contributed by atoms with Crippen molar-refractivity contribution >= 4 is 54.9 Å². The number of hydrogen-bond donors (Lipinski definition) is 4. The lowest BCUT2D eigenvalue weighted by molar-refractivity contribution is -1.08. The summed E-state index contributed by atoms with van der Waals surface area (Å²) in [6.45, 7) is 14.4. The highest BCUT2D eigenvalue weighted by Crippen LogP contribution is 2.54. The molecule has 3 aliphatic heterocycles. The number of rotatable bonds is 11. The van der Waals surface area contributed by atoms with E-state index in [9.17, 15) is 34.8 Å². The first kappa shape index (κ1) is 34.7. The number of phenolic OH excluding ortho intramolecular Hbond substituents is 2. The third kappa shape index (κ3) is 4.73. The molecule has 3 fully saturated rings. The zero-order chi connectivity index (χ0) is 36.9. The van der Waals surface area contributed by atoms with Gasteiger partial charge in [0, 0.05) is 21.9 Å². The first-order chi connectivity index (χ1) is 24.9. The van der Waals surface area contributed by atoms with Crippen LogP contribution in [0.5, 0.6) is 17.2 Å². The number of methoxy groups -OCH3 is 1. The second-order valence-corrected chi connectivity index (χ2v) is 15.7. The van der Waals surface area contributed by atoms with E-state index < -0.39 is 30.0 Å². The Bertz CT molecular complexity index is 2440. The van der Waals surface area contributed by atoms with Gasteiger partial charge in [0.05, 0.1) is 50.1 Å². The number of nitrogens with zero attached hydrogens (tertiary/aromatic N) is 2. The SMILES string of the molecule is CC[N+]12CC[N+](CCCCCc3c(O)c4c(=O)cc(CO)c5c6c(CO)cc(O)c7c(=O)c(OC)c8c(c(c3C=C(C)C8C(C)=O)c45)c76)(CC1)CC2. The van der Waals surface area contributed by atoms with Gasteiger partial charge in [0.1, 0.15) is 56.6 Å². The van der Waals surface area contributed by atoms with Crippen LogP contribution in [0.1, 0.15) is 73.8 Å². The molecular formula is C42H48N2O8+2. The molecule has 0 aromatic heterocycles. The summed E-state index contributed by atoms with van der Waals surface area (Å²) in [5.41, 5.74) is 1.72. The molecular weight excluding hydrogens is 660 g/mol. The van der Waals surface area contributed by atoms with Crippen LogP contribution in [0.4, 0.5) is 0 Å².